The van der Waals surface area contributed by atoms with Crippen LogP contribution in [0.3, 0.4) is 0 Å². The predicted molar refractivity (Wildman–Crippen MR) is 144 cm³/mol. The van der Waals surface area contributed by atoms with Crippen LogP contribution in [0.15, 0.2) is 72.2 Å². The fourth-order valence-corrected chi connectivity index (χ4v) is 4.07. The Morgan fingerprint density at radius 3 is 2.76 bits per heavy atom. The van der Waals surface area contributed by atoms with Gasteiger partial charge in [-0.15, -0.1) is 0 Å². The highest BCUT2D eigenvalue weighted by molar-refractivity contribution is 6.35. The lowest BCUT2D eigenvalue weighted by atomic mass is 10.2. The molecule has 0 unspecified atom stereocenters. The van der Waals surface area contributed by atoms with Crippen LogP contribution in [0.2, 0.25) is 5.02 Å². The first-order chi connectivity index (χ1) is 18.5. The normalized spacial score (nSPS) is 10.4. The van der Waals surface area contributed by atoms with Crippen LogP contribution in [-0.2, 0) is 6.42 Å². The topological polar surface area (TPSA) is 148 Å². The summed E-state index contributed by atoms with van der Waals surface area (Å²) in [6, 6.07) is 14.0. The maximum absolute atomic E-state index is 13.6. The summed E-state index contributed by atoms with van der Waals surface area (Å²) in [5.41, 5.74) is 8.04. The Labute approximate surface area is 221 Å². The van der Waals surface area contributed by atoms with Crippen LogP contribution in [0.1, 0.15) is 22.6 Å². The van der Waals surface area contributed by atoms with Gasteiger partial charge in [0.1, 0.15) is 35.0 Å². The van der Waals surface area contributed by atoms with Crippen molar-refractivity contribution in [1.82, 2.24) is 29.5 Å². The summed E-state index contributed by atoms with van der Waals surface area (Å²) < 4.78 is 1.47. The van der Waals surface area contributed by atoms with E-state index in [0.29, 0.717) is 63.0 Å². The number of nitrogens with one attached hydrogen (secondary N) is 1. The first-order valence-electron chi connectivity index (χ1n) is 11.4. The van der Waals surface area contributed by atoms with Crippen LogP contribution < -0.4 is 16.6 Å². The molecule has 0 saturated carbocycles. The molecular weight excluding hydrogens is 502 g/mol. The van der Waals surface area contributed by atoms with Gasteiger partial charge in [-0.05, 0) is 36.3 Å². The number of hydrogen-bond donors (Lipinski definition) is 2. The summed E-state index contributed by atoms with van der Waals surface area (Å²) >= 11 is 6.36. The van der Waals surface area contributed by atoms with Crippen molar-refractivity contribution in [2.45, 2.75) is 6.42 Å². The molecule has 0 aliphatic heterocycles. The number of aromatic nitrogens is 6. The first-order valence-corrected chi connectivity index (χ1v) is 11.8. The molecule has 10 nitrogen and oxygen atoms in total. The number of fused-ring (bicyclic) bond motifs is 1. The number of rotatable bonds is 5. The minimum Gasteiger partial charge on any atom is -0.382 e. The van der Waals surface area contributed by atoms with Gasteiger partial charge in [-0.2, -0.15) is 5.26 Å². The van der Waals surface area contributed by atoms with Crippen molar-refractivity contribution in [3.8, 4) is 23.6 Å². The van der Waals surface area contributed by atoms with Gasteiger partial charge in [0.15, 0.2) is 0 Å². The van der Waals surface area contributed by atoms with Crippen LogP contribution in [-0.4, -0.2) is 36.0 Å². The minimum atomic E-state index is -0.326. The van der Waals surface area contributed by atoms with Gasteiger partial charge in [0.25, 0.3) is 5.56 Å². The molecule has 0 aliphatic rings. The molecule has 0 atom stereocenters. The van der Waals surface area contributed by atoms with Gasteiger partial charge < -0.3 is 11.1 Å². The zero-order chi connectivity index (χ0) is 26.5. The zero-order valence-corrected chi connectivity index (χ0v) is 20.5. The average molecular weight is 520 g/mol. The molecule has 11 heteroatoms. The third-order valence-electron chi connectivity index (χ3n) is 5.55. The molecular formula is C27H18ClN9O. The predicted octanol–water partition coefficient (Wildman–Crippen LogP) is 3.13. The SMILES string of the molecule is N#Cc1cccc(-n2c(CCNc3ncnc(N)c3C#Cc3cnccn3)nc3cccc(Cl)c3c2=O)c1. The standard InChI is InChI=1S/C27H18ClN9O/c28-21-5-2-6-22-24(21)27(38)37(19-4-1-3-17(13-19)14-29)23(36-22)9-10-33-26-20(25(30)34-16-35-26)8-7-18-15-31-11-12-32-18/h1-6,11-13,15-16H,9-10H2,(H3,30,33,34,35). The number of halogens is 1. The summed E-state index contributed by atoms with van der Waals surface area (Å²) in [5, 5.41) is 13.2. The number of anilines is 2. The van der Waals surface area contributed by atoms with Crippen molar-refractivity contribution >= 4 is 34.1 Å². The lowest BCUT2D eigenvalue weighted by Crippen LogP contribution is -2.26. The Morgan fingerprint density at radius 1 is 1.08 bits per heavy atom. The van der Waals surface area contributed by atoms with Crippen molar-refractivity contribution in [3.05, 3.63) is 105 Å². The summed E-state index contributed by atoms with van der Waals surface area (Å²) in [5.74, 6) is 6.97. The molecule has 38 heavy (non-hydrogen) atoms. The van der Waals surface area contributed by atoms with Crippen molar-refractivity contribution in [2.75, 3.05) is 17.6 Å². The molecule has 2 aromatic carbocycles. The minimum absolute atomic E-state index is 0.211. The summed E-state index contributed by atoms with van der Waals surface area (Å²) in [7, 11) is 0. The van der Waals surface area contributed by atoms with Crippen molar-refractivity contribution in [1.29, 1.82) is 5.26 Å². The molecule has 0 aliphatic carbocycles. The van der Waals surface area contributed by atoms with Gasteiger partial charge in [0.05, 0.1) is 39.4 Å². The van der Waals surface area contributed by atoms with E-state index >= 15 is 0 Å². The fourth-order valence-electron chi connectivity index (χ4n) is 3.82. The second-order valence-corrected chi connectivity index (χ2v) is 8.37. The van der Waals surface area contributed by atoms with Crippen molar-refractivity contribution in [2.24, 2.45) is 0 Å². The molecule has 5 aromatic rings. The summed E-state index contributed by atoms with van der Waals surface area (Å²) in [6.07, 6.45) is 6.31. The Bertz CT molecular complexity index is 1820. The Kier molecular flexibility index (Phi) is 6.89. The molecule has 3 aromatic heterocycles. The monoisotopic (exact) mass is 519 g/mol. The van der Waals surface area contributed by atoms with Crippen LogP contribution >= 0.6 is 11.6 Å². The van der Waals surface area contributed by atoms with E-state index in [2.05, 4.69) is 43.2 Å². The van der Waals surface area contributed by atoms with Crippen LogP contribution in [0.4, 0.5) is 11.6 Å². The van der Waals surface area contributed by atoms with E-state index in [9.17, 15) is 10.1 Å². The second-order valence-electron chi connectivity index (χ2n) is 7.96. The van der Waals surface area contributed by atoms with Gasteiger partial charge in [0.2, 0.25) is 0 Å². The van der Waals surface area contributed by atoms with Gasteiger partial charge in [-0.1, -0.05) is 29.7 Å². The van der Waals surface area contributed by atoms with Gasteiger partial charge >= 0.3 is 0 Å². The molecule has 0 fully saturated rings. The largest absolute Gasteiger partial charge is 0.382 e. The number of nitrogens with zero attached hydrogens (tertiary/aromatic N) is 7. The molecule has 0 spiro atoms. The second kappa shape index (κ2) is 10.7. The molecule has 3 N–H and O–H groups in total. The van der Waals surface area contributed by atoms with E-state index in [1.807, 2.05) is 0 Å². The molecule has 184 valence electrons. The number of hydrogen-bond acceptors (Lipinski definition) is 9. The van der Waals surface area contributed by atoms with Crippen LogP contribution in [0.25, 0.3) is 16.6 Å². The Balaban J connectivity index is 1.50. The third-order valence-corrected chi connectivity index (χ3v) is 5.86. The molecule has 3 heterocycles. The number of benzene rings is 2. The van der Waals surface area contributed by atoms with Crippen LogP contribution in [0, 0.1) is 23.2 Å². The van der Waals surface area contributed by atoms with E-state index in [4.69, 9.17) is 22.3 Å². The maximum Gasteiger partial charge on any atom is 0.267 e. The van der Waals surface area contributed by atoms with E-state index in [-0.39, 0.29) is 11.4 Å². The Hall–Kier alpha value is -5.32. The quantitative estimate of drug-likeness (QED) is 0.334. The molecule has 0 saturated heterocycles. The van der Waals surface area contributed by atoms with E-state index in [0.717, 1.165) is 0 Å². The number of nitriles is 1. The number of nitrogen functional groups attached to an aromatic ring is 1. The molecule has 5 rings (SSSR count). The zero-order valence-electron chi connectivity index (χ0n) is 19.8. The van der Waals surface area contributed by atoms with Crippen molar-refractivity contribution in [3.63, 3.8) is 0 Å². The molecule has 0 amide bonds. The maximum atomic E-state index is 13.6. The molecule has 0 bridgehead atoms. The first kappa shape index (κ1) is 24.4. The smallest absolute Gasteiger partial charge is 0.267 e. The molecule has 0 radical (unpaired) electrons. The summed E-state index contributed by atoms with van der Waals surface area (Å²) in [4.78, 5) is 34.8. The van der Waals surface area contributed by atoms with Crippen LogP contribution in [0.5, 0.6) is 0 Å². The highest BCUT2D eigenvalue weighted by Crippen LogP contribution is 2.21. The average Bonchev–Trinajstić information content (AvgIpc) is 2.93. The third kappa shape index (κ3) is 4.98. The van der Waals surface area contributed by atoms with Crippen molar-refractivity contribution < 1.29 is 0 Å². The fraction of sp³-hybridized carbons (Fsp3) is 0.0741. The number of nitrogens with two attached hydrogens (primary N) is 1. The van der Waals surface area contributed by atoms with E-state index in [1.165, 1.54) is 17.1 Å². The highest BCUT2D eigenvalue weighted by Gasteiger charge is 2.16. The Morgan fingerprint density at radius 2 is 1.95 bits per heavy atom. The lowest BCUT2D eigenvalue weighted by Gasteiger charge is -2.15. The van der Waals surface area contributed by atoms with E-state index in [1.54, 1.807) is 54.9 Å². The van der Waals surface area contributed by atoms with E-state index < -0.39 is 0 Å². The van der Waals surface area contributed by atoms with Gasteiger partial charge in [-0.3, -0.25) is 14.3 Å². The van der Waals surface area contributed by atoms with Gasteiger partial charge in [-0.25, -0.2) is 19.9 Å². The lowest BCUT2D eigenvalue weighted by molar-refractivity contribution is 0.809. The van der Waals surface area contributed by atoms with Gasteiger partial charge in [0, 0.05) is 25.4 Å². The summed E-state index contributed by atoms with van der Waals surface area (Å²) in [6.45, 7) is 0.340. The highest BCUT2D eigenvalue weighted by atomic mass is 35.5.